The lowest BCUT2D eigenvalue weighted by Gasteiger charge is -2.03. The van der Waals surface area contributed by atoms with Crippen molar-refractivity contribution in [2.45, 2.75) is 6.42 Å². The molecule has 1 N–H and O–H groups in total. The zero-order chi connectivity index (χ0) is 19.3. The number of aromatic nitrogens is 3. The van der Waals surface area contributed by atoms with E-state index in [1.165, 1.54) is 11.3 Å². The summed E-state index contributed by atoms with van der Waals surface area (Å²) in [6.07, 6.45) is 3.98. The van der Waals surface area contributed by atoms with Gasteiger partial charge in [-0.05, 0) is 29.8 Å². The normalized spacial score (nSPS) is 10.4. The lowest BCUT2D eigenvalue weighted by Crippen LogP contribution is -2.12. The third kappa shape index (κ3) is 3.82. The summed E-state index contributed by atoms with van der Waals surface area (Å²) >= 11 is 1.40. The quantitative estimate of drug-likeness (QED) is 0.555. The topological polar surface area (TPSA) is 83.6 Å². The Kier molecular flexibility index (Phi) is 4.95. The summed E-state index contributed by atoms with van der Waals surface area (Å²) in [6, 6.07) is 19.1. The largest absolute Gasteiger partial charge is 0.321 e. The van der Waals surface area contributed by atoms with E-state index >= 15 is 0 Å². The first kappa shape index (κ1) is 17.6. The van der Waals surface area contributed by atoms with Gasteiger partial charge in [-0.2, -0.15) is 10.4 Å². The molecule has 6 nitrogen and oxygen atoms in total. The Morgan fingerprint density at radius 2 is 1.93 bits per heavy atom. The van der Waals surface area contributed by atoms with Gasteiger partial charge >= 0.3 is 0 Å². The fourth-order valence-corrected chi connectivity index (χ4v) is 3.43. The molecule has 2 aromatic carbocycles. The second-order valence-corrected chi connectivity index (χ2v) is 6.89. The molecule has 4 rings (SSSR count). The van der Waals surface area contributed by atoms with E-state index < -0.39 is 0 Å². The number of anilines is 1. The standard InChI is InChI=1S/C21H15N5OS/c22-11-10-15-6-8-17(9-7-15)24-20(27)19-14-28-21(25-19)16-12-23-26(13-16)18-4-2-1-3-5-18/h1-9,12-14H,10H2,(H,24,27). The van der Waals surface area contributed by atoms with Crippen molar-refractivity contribution < 1.29 is 4.79 Å². The summed E-state index contributed by atoms with van der Waals surface area (Å²) in [6.45, 7) is 0. The van der Waals surface area contributed by atoms with E-state index in [2.05, 4.69) is 21.5 Å². The number of thiazole rings is 1. The molecule has 0 radical (unpaired) electrons. The number of hydrogen-bond acceptors (Lipinski definition) is 5. The maximum Gasteiger partial charge on any atom is 0.275 e. The Balaban J connectivity index is 1.47. The van der Waals surface area contributed by atoms with Crippen molar-refractivity contribution in [1.82, 2.24) is 14.8 Å². The number of carbonyl (C=O) groups is 1. The van der Waals surface area contributed by atoms with E-state index in [1.54, 1.807) is 28.4 Å². The molecule has 0 bridgehead atoms. The first-order chi connectivity index (χ1) is 13.7. The SMILES string of the molecule is N#CCc1ccc(NC(=O)c2csc(-c3cnn(-c4ccccc4)c3)n2)cc1. The molecule has 28 heavy (non-hydrogen) atoms. The van der Waals surface area contributed by atoms with Crippen molar-refractivity contribution in [3.8, 4) is 22.3 Å². The maximum absolute atomic E-state index is 12.5. The summed E-state index contributed by atoms with van der Waals surface area (Å²) in [5.74, 6) is -0.272. The van der Waals surface area contributed by atoms with Crippen LogP contribution >= 0.6 is 11.3 Å². The number of nitriles is 1. The van der Waals surface area contributed by atoms with Gasteiger partial charge in [-0.15, -0.1) is 11.3 Å². The second-order valence-electron chi connectivity index (χ2n) is 6.03. The van der Waals surface area contributed by atoms with Crippen LogP contribution < -0.4 is 5.32 Å². The fourth-order valence-electron chi connectivity index (χ4n) is 2.66. The van der Waals surface area contributed by atoms with Crippen LogP contribution in [0.1, 0.15) is 16.1 Å². The lowest BCUT2D eigenvalue weighted by molar-refractivity contribution is 0.102. The molecule has 0 aliphatic carbocycles. The number of nitrogens with one attached hydrogen (secondary N) is 1. The predicted octanol–water partition coefficient (Wildman–Crippen LogP) is 4.31. The second kappa shape index (κ2) is 7.86. The number of rotatable bonds is 5. The molecule has 0 unspecified atom stereocenters. The highest BCUT2D eigenvalue weighted by molar-refractivity contribution is 7.13. The number of nitrogens with zero attached hydrogens (tertiary/aromatic N) is 4. The lowest BCUT2D eigenvalue weighted by atomic mass is 10.1. The van der Waals surface area contributed by atoms with Crippen LogP contribution in [0.25, 0.3) is 16.3 Å². The van der Waals surface area contributed by atoms with Crippen molar-refractivity contribution in [2.24, 2.45) is 0 Å². The van der Waals surface area contributed by atoms with E-state index in [-0.39, 0.29) is 5.91 Å². The smallest absolute Gasteiger partial charge is 0.275 e. The van der Waals surface area contributed by atoms with Gasteiger partial charge in [0, 0.05) is 22.8 Å². The molecule has 1 amide bonds. The number of amides is 1. The average molecular weight is 385 g/mol. The molecule has 7 heteroatoms. The molecular weight excluding hydrogens is 370 g/mol. The van der Waals surface area contributed by atoms with Crippen molar-refractivity contribution in [1.29, 1.82) is 5.26 Å². The van der Waals surface area contributed by atoms with E-state index in [0.29, 0.717) is 17.8 Å². The molecule has 0 aliphatic heterocycles. The van der Waals surface area contributed by atoms with Gasteiger partial charge in [-0.25, -0.2) is 9.67 Å². The van der Waals surface area contributed by atoms with Crippen LogP contribution in [-0.2, 0) is 6.42 Å². The van der Waals surface area contributed by atoms with Gasteiger partial charge in [0.25, 0.3) is 5.91 Å². The van der Waals surface area contributed by atoms with Gasteiger partial charge in [-0.1, -0.05) is 30.3 Å². The molecule has 4 aromatic rings. The Bertz CT molecular complexity index is 1140. The van der Waals surface area contributed by atoms with Crippen LogP contribution in [0.5, 0.6) is 0 Å². The number of para-hydroxylation sites is 1. The first-order valence-electron chi connectivity index (χ1n) is 8.56. The number of benzene rings is 2. The van der Waals surface area contributed by atoms with E-state index in [9.17, 15) is 4.79 Å². The van der Waals surface area contributed by atoms with Crippen molar-refractivity contribution in [3.63, 3.8) is 0 Å². The zero-order valence-corrected chi connectivity index (χ0v) is 15.6. The molecule has 2 heterocycles. The Morgan fingerprint density at radius 3 is 2.68 bits per heavy atom. The minimum Gasteiger partial charge on any atom is -0.321 e. The molecule has 0 saturated heterocycles. The molecule has 0 spiro atoms. The molecule has 0 atom stereocenters. The van der Waals surface area contributed by atoms with E-state index in [0.717, 1.165) is 21.8 Å². The molecule has 136 valence electrons. The molecule has 2 aromatic heterocycles. The summed E-state index contributed by atoms with van der Waals surface area (Å²) in [5.41, 5.74) is 3.75. The first-order valence-corrected chi connectivity index (χ1v) is 9.44. The van der Waals surface area contributed by atoms with Crippen molar-refractivity contribution in [3.05, 3.63) is 83.6 Å². The maximum atomic E-state index is 12.5. The highest BCUT2D eigenvalue weighted by atomic mass is 32.1. The third-order valence-electron chi connectivity index (χ3n) is 4.08. The Hall–Kier alpha value is -3.76. The van der Waals surface area contributed by atoms with Crippen LogP contribution in [0, 0.1) is 11.3 Å². The summed E-state index contributed by atoms with van der Waals surface area (Å²) in [4.78, 5) is 16.9. The van der Waals surface area contributed by atoms with Crippen LogP contribution in [0.15, 0.2) is 72.4 Å². The van der Waals surface area contributed by atoms with E-state index in [1.807, 2.05) is 48.7 Å². The van der Waals surface area contributed by atoms with Gasteiger partial charge in [0.05, 0.1) is 24.4 Å². The van der Waals surface area contributed by atoms with Crippen LogP contribution in [-0.4, -0.2) is 20.7 Å². The number of hydrogen-bond donors (Lipinski definition) is 1. The highest BCUT2D eigenvalue weighted by Crippen LogP contribution is 2.24. The predicted molar refractivity (Wildman–Crippen MR) is 108 cm³/mol. The van der Waals surface area contributed by atoms with E-state index in [4.69, 9.17) is 5.26 Å². The zero-order valence-electron chi connectivity index (χ0n) is 14.7. The highest BCUT2D eigenvalue weighted by Gasteiger charge is 2.13. The molecular formula is C21H15N5OS. The van der Waals surface area contributed by atoms with Gasteiger partial charge in [0.2, 0.25) is 0 Å². The third-order valence-corrected chi connectivity index (χ3v) is 4.97. The Labute approximate surface area is 165 Å². The van der Waals surface area contributed by atoms with Crippen molar-refractivity contribution >= 4 is 22.9 Å². The van der Waals surface area contributed by atoms with Gasteiger partial charge in [0.1, 0.15) is 10.7 Å². The fraction of sp³-hybridized carbons (Fsp3) is 0.0476. The van der Waals surface area contributed by atoms with Crippen LogP contribution in [0.4, 0.5) is 5.69 Å². The summed E-state index contributed by atoms with van der Waals surface area (Å²) in [7, 11) is 0. The summed E-state index contributed by atoms with van der Waals surface area (Å²) in [5, 5.41) is 18.4. The Morgan fingerprint density at radius 1 is 1.14 bits per heavy atom. The molecule has 0 fully saturated rings. The van der Waals surface area contributed by atoms with Gasteiger partial charge < -0.3 is 5.32 Å². The minimum absolute atomic E-state index is 0.272. The number of carbonyl (C=O) groups excluding carboxylic acids is 1. The van der Waals surface area contributed by atoms with Crippen LogP contribution in [0.2, 0.25) is 0 Å². The van der Waals surface area contributed by atoms with Crippen LogP contribution in [0.3, 0.4) is 0 Å². The van der Waals surface area contributed by atoms with Crippen molar-refractivity contribution in [2.75, 3.05) is 5.32 Å². The monoisotopic (exact) mass is 385 g/mol. The average Bonchev–Trinajstić information content (AvgIpc) is 3.40. The summed E-state index contributed by atoms with van der Waals surface area (Å²) < 4.78 is 1.78. The molecule has 0 saturated carbocycles. The minimum atomic E-state index is -0.272. The molecule has 0 aliphatic rings. The van der Waals surface area contributed by atoms with Gasteiger partial charge in [0.15, 0.2) is 0 Å². The van der Waals surface area contributed by atoms with Gasteiger partial charge in [-0.3, -0.25) is 4.79 Å².